The van der Waals surface area contributed by atoms with E-state index in [0.717, 1.165) is 50.2 Å². The van der Waals surface area contributed by atoms with E-state index in [1.165, 1.54) is 0 Å². The minimum atomic E-state index is -0.711. The minimum Gasteiger partial charge on any atom is -0.453 e. The highest BCUT2D eigenvalue weighted by Crippen LogP contribution is 2.40. The van der Waals surface area contributed by atoms with Crippen LogP contribution in [0, 0.1) is 11.3 Å². The Morgan fingerprint density at radius 2 is 2.03 bits per heavy atom. The molecule has 0 radical (unpaired) electrons. The largest absolute Gasteiger partial charge is 0.453 e. The maximum atomic E-state index is 9.39. The van der Waals surface area contributed by atoms with Crippen molar-refractivity contribution in [3.63, 3.8) is 0 Å². The van der Waals surface area contributed by atoms with Gasteiger partial charge in [0.05, 0.1) is 29.4 Å². The zero-order valence-electron chi connectivity index (χ0n) is 18.9. The van der Waals surface area contributed by atoms with Gasteiger partial charge in [0.1, 0.15) is 23.4 Å². The molecule has 0 aromatic carbocycles. The predicted molar refractivity (Wildman–Crippen MR) is 121 cm³/mol. The fourth-order valence-corrected chi connectivity index (χ4v) is 3.78. The number of ether oxygens (including phenoxy) is 2. The Morgan fingerprint density at radius 1 is 1.18 bits per heavy atom. The van der Waals surface area contributed by atoms with Gasteiger partial charge in [-0.1, -0.05) is 0 Å². The van der Waals surface area contributed by atoms with Gasteiger partial charge in [0.25, 0.3) is 0 Å². The molecule has 0 amide bonds. The molecule has 1 saturated heterocycles. The van der Waals surface area contributed by atoms with Crippen molar-refractivity contribution in [2.75, 3.05) is 11.9 Å². The second-order valence-electron chi connectivity index (χ2n) is 9.05. The average molecular weight is 446 g/mol. The van der Waals surface area contributed by atoms with Crippen molar-refractivity contribution in [1.29, 1.82) is 5.26 Å². The molecule has 9 heteroatoms. The molecule has 0 spiro atoms. The summed E-state index contributed by atoms with van der Waals surface area (Å²) in [4.78, 5) is 13.1. The first-order valence-electron chi connectivity index (χ1n) is 11.4. The number of nitrogens with one attached hydrogen (secondary N) is 1. The average Bonchev–Trinajstić information content (AvgIpc) is 3.60. The summed E-state index contributed by atoms with van der Waals surface area (Å²) in [6.45, 7) is 4.40. The van der Waals surface area contributed by atoms with E-state index in [0.29, 0.717) is 29.3 Å². The van der Waals surface area contributed by atoms with E-state index in [1.807, 2.05) is 24.7 Å². The summed E-state index contributed by atoms with van der Waals surface area (Å²) in [5, 5.41) is 17.3. The van der Waals surface area contributed by atoms with Crippen LogP contribution in [0.3, 0.4) is 0 Å². The van der Waals surface area contributed by atoms with Gasteiger partial charge in [-0.05, 0) is 58.1 Å². The third-order valence-electron chi connectivity index (χ3n) is 5.91. The van der Waals surface area contributed by atoms with Crippen molar-refractivity contribution in [3.8, 4) is 17.6 Å². The maximum absolute atomic E-state index is 9.39. The lowest BCUT2D eigenvalue weighted by Crippen LogP contribution is -2.17. The van der Waals surface area contributed by atoms with Crippen molar-refractivity contribution in [2.24, 2.45) is 0 Å². The Balaban J connectivity index is 1.36. The van der Waals surface area contributed by atoms with Crippen molar-refractivity contribution in [3.05, 3.63) is 48.2 Å². The molecule has 4 heterocycles. The van der Waals surface area contributed by atoms with E-state index in [-0.39, 0.29) is 6.10 Å². The molecule has 0 bridgehead atoms. The lowest BCUT2D eigenvalue weighted by molar-refractivity contribution is 0.0109. The quantitative estimate of drug-likeness (QED) is 0.542. The summed E-state index contributed by atoms with van der Waals surface area (Å²) in [6, 6.07) is 8.07. The topological polar surface area (TPSA) is 111 Å². The number of nitrogens with zero attached hydrogens (tertiary/aromatic N) is 6. The van der Waals surface area contributed by atoms with E-state index in [2.05, 4.69) is 26.3 Å². The molecule has 1 N–H and O–H groups in total. The Kier molecular flexibility index (Phi) is 5.68. The fourth-order valence-electron chi connectivity index (χ4n) is 3.78. The third kappa shape index (κ3) is 4.81. The molecule has 1 aliphatic carbocycles. The highest BCUT2D eigenvalue weighted by molar-refractivity contribution is 5.51. The second kappa shape index (κ2) is 8.79. The molecule has 9 nitrogen and oxygen atoms in total. The molecule has 3 aromatic heterocycles. The summed E-state index contributed by atoms with van der Waals surface area (Å²) in [6.07, 6.45) is 10.7. The van der Waals surface area contributed by atoms with Crippen molar-refractivity contribution in [2.45, 2.75) is 63.5 Å². The normalized spacial score (nSPS) is 18.5. The van der Waals surface area contributed by atoms with Crippen LogP contribution in [0.15, 0.2) is 36.8 Å². The van der Waals surface area contributed by atoms with Gasteiger partial charge in [-0.15, -0.1) is 0 Å². The number of hydrogen-bond donors (Lipinski definition) is 1. The van der Waals surface area contributed by atoms with E-state index in [4.69, 9.17) is 14.6 Å². The smallest absolute Gasteiger partial charge is 0.228 e. The summed E-state index contributed by atoms with van der Waals surface area (Å²) >= 11 is 0. The predicted octanol–water partition coefficient (Wildman–Crippen LogP) is 4.98. The fraction of sp³-hybridized carbons (Fsp3) is 0.458. The van der Waals surface area contributed by atoms with E-state index < -0.39 is 5.41 Å². The van der Waals surface area contributed by atoms with Crippen molar-refractivity contribution in [1.82, 2.24) is 24.7 Å². The first-order chi connectivity index (χ1) is 16.0. The zero-order chi connectivity index (χ0) is 22.8. The number of pyridine rings is 1. The molecule has 5 rings (SSSR count). The van der Waals surface area contributed by atoms with Crippen LogP contribution in [0.2, 0.25) is 0 Å². The Morgan fingerprint density at radius 3 is 2.79 bits per heavy atom. The van der Waals surface area contributed by atoms with E-state index >= 15 is 0 Å². The number of nitriles is 1. The summed E-state index contributed by atoms with van der Waals surface area (Å²) < 4.78 is 14.3. The van der Waals surface area contributed by atoms with Gasteiger partial charge in [-0.25, -0.2) is 15.0 Å². The molecule has 33 heavy (non-hydrogen) atoms. The summed E-state index contributed by atoms with van der Waals surface area (Å²) in [5.74, 6) is 2.27. The molecule has 2 aliphatic rings. The van der Waals surface area contributed by atoms with Crippen LogP contribution in [0.25, 0.3) is 0 Å². The van der Waals surface area contributed by atoms with Gasteiger partial charge in [-0.2, -0.15) is 10.4 Å². The Hall–Kier alpha value is -3.51. The standard InChI is InChI=1S/C24H27N7O2/c1-24(2,15-25)20-9-11-27-23(28-20)29-21-13-17(8-10-26-21)33-19-14-31(16-6-7-16)30-22(19)18-5-3-4-12-32-18/h8-11,13-14,16,18H,3-7,12H2,1-2H3,(H,26,27,28,29). The van der Waals surface area contributed by atoms with Gasteiger partial charge in [0.2, 0.25) is 5.95 Å². The molecule has 1 aliphatic heterocycles. The lowest BCUT2D eigenvalue weighted by atomic mass is 9.91. The lowest BCUT2D eigenvalue weighted by Gasteiger charge is -2.21. The van der Waals surface area contributed by atoms with Crippen LogP contribution < -0.4 is 10.1 Å². The van der Waals surface area contributed by atoms with Crippen LogP contribution in [-0.4, -0.2) is 31.3 Å². The van der Waals surface area contributed by atoms with Crippen molar-refractivity contribution >= 4 is 11.8 Å². The molecular weight excluding hydrogens is 418 g/mol. The zero-order valence-corrected chi connectivity index (χ0v) is 18.9. The highest BCUT2D eigenvalue weighted by Gasteiger charge is 2.30. The van der Waals surface area contributed by atoms with E-state index in [9.17, 15) is 5.26 Å². The highest BCUT2D eigenvalue weighted by atomic mass is 16.5. The number of rotatable bonds is 7. The van der Waals surface area contributed by atoms with Gasteiger partial charge in [-0.3, -0.25) is 4.68 Å². The minimum absolute atomic E-state index is 0.0344. The first kappa shape index (κ1) is 21.3. The molecule has 170 valence electrons. The molecule has 1 unspecified atom stereocenters. The van der Waals surface area contributed by atoms with Gasteiger partial charge >= 0.3 is 0 Å². The van der Waals surface area contributed by atoms with Gasteiger partial charge < -0.3 is 14.8 Å². The van der Waals surface area contributed by atoms with Crippen LogP contribution in [-0.2, 0) is 10.2 Å². The molecule has 2 fully saturated rings. The molecule has 1 saturated carbocycles. The maximum Gasteiger partial charge on any atom is 0.228 e. The summed E-state index contributed by atoms with van der Waals surface area (Å²) in [5.41, 5.74) is 0.791. The number of hydrogen-bond acceptors (Lipinski definition) is 8. The van der Waals surface area contributed by atoms with Gasteiger partial charge in [0, 0.05) is 25.1 Å². The SMILES string of the molecule is CC(C)(C#N)c1ccnc(Nc2cc(Oc3cn(C4CC4)nc3C3CCCCO3)ccn2)n1. The Bertz CT molecular complexity index is 1170. The van der Waals surface area contributed by atoms with Crippen LogP contribution in [0.5, 0.6) is 11.5 Å². The molecule has 1 atom stereocenters. The number of aromatic nitrogens is 5. The van der Waals surface area contributed by atoms with Crippen LogP contribution in [0.1, 0.15) is 69.5 Å². The van der Waals surface area contributed by atoms with E-state index in [1.54, 1.807) is 30.6 Å². The first-order valence-corrected chi connectivity index (χ1v) is 11.4. The summed E-state index contributed by atoms with van der Waals surface area (Å²) in [7, 11) is 0. The van der Waals surface area contributed by atoms with Crippen LogP contribution >= 0.6 is 0 Å². The Labute approximate surface area is 192 Å². The monoisotopic (exact) mass is 445 g/mol. The molecule has 3 aromatic rings. The number of anilines is 2. The third-order valence-corrected chi connectivity index (χ3v) is 5.91. The van der Waals surface area contributed by atoms with Gasteiger partial charge in [0.15, 0.2) is 5.75 Å². The van der Waals surface area contributed by atoms with Crippen molar-refractivity contribution < 1.29 is 9.47 Å². The van der Waals surface area contributed by atoms with Crippen LogP contribution in [0.4, 0.5) is 11.8 Å². The second-order valence-corrected chi connectivity index (χ2v) is 9.05. The molecular formula is C24H27N7O2.